The van der Waals surface area contributed by atoms with Crippen molar-refractivity contribution in [1.29, 1.82) is 0 Å². The number of carbonyl (C=O) groups is 1. The Kier molecular flexibility index (Phi) is 6.60. The van der Waals surface area contributed by atoms with Crippen molar-refractivity contribution in [3.63, 3.8) is 0 Å². The lowest BCUT2D eigenvalue weighted by atomic mass is 10.1. The third-order valence-corrected chi connectivity index (χ3v) is 4.44. The van der Waals surface area contributed by atoms with Crippen molar-refractivity contribution in [1.82, 2.24) is 0 Å². The van der Waals surface area contributed by atoms with Crippen LogP contribution < -0.4 is 14.2 Å². The van der Waals surface area contributed by atoms with Gasteiger partial charge in [-0.3, -0.25) is 4.79 Å². The number of ether oxygens (including phenoxy) is 3. The standard InChI is InChI=1S/C24H22O6/c1-28-19-8-3-16(4-9-19)15-30-24-14-20(29-2)10-5-17(24)6-12-22(26)21-11-7-18(25)13-23(21)27/h3-14,25,27H,15H2,1-2H3. The number of phenols is 2. The zero-order valence-corrected chi connectivity index (χ0v) is 16.7. The Morgan fingerprint density at radius 3 is 2.27 bits per heavy atom. The average Bonchev–Trinajstić information content (AvgIpc) is 2.76. The molecule has 0 saturated carbocycles. The molecule has 6 nitrogen and oxygen atoms in total. The summed E-state index contributed by atoms with van der Waals surface area (Å²) in [6.45, 7) is 0.324. The second-order valence-corrected chi connectivity index (χ2v) is 6.44. The fourth-order valence-electron chi connectivity index (χ4n) is 2.77. The molecule has 3 aromatic carbocycles. The largest absolute Gasteiger partial charge is 0.508 e. The van der Waals surface area contributed by atoms with Gasteiger partial charge in [0.2, 0.25) is 0 Å². The van der Waals surface area contributed by atoms with Gasteiger partial charge in [0.05, 0.1) is 19.8 Å². The van der Waals surface area contributed by atoms with Crippen LogP contribution in [0.4, 0.5) is 0 Å². The molecule has 0 aliphatic heterocycles. The summed E-state index contributed by atoms with van der Waals surface area (Å²) < 4.78 is 16.4. The summed E-state index contributed by atoms with van der Waals surface area (Å²) >= 11 is 0. The number of hydrogen-bond donors (Lipinski definition) is 2. The molecule has 0 fully saturated rings. The van der Waals surface area contributed by atoms with Gasteiger partial charge in [-0.1, -0.05) is 12.1 Å². The first kappa shape index (κ1) is 20.8. The van der Waals surface area contributed by atoms with E-state index in [0.29, 0.717) is 23.7 Å². The lowest BCUT2D eigenvalue weighted by Gasteiger charge is -2.11. The molecule has 6 heteroatoms. The number of rotatable bonds is 8. The zero-order valence-electron chi connectivity index (χ0n) is 16.7. The molecule has 0 saturated heterocycles. The second kappa shape index (κ2) is 9.52. The Labute approximate surface area is 174 Å². The highest BCUT2D eigenvalue weighted by Gasteiger charge is 2.10. The lowest BCUT2D eigenvalue weighted by Crippen LogP contribution is -1.99. The summed E-state index contributed by atoms with van der Waals surface area (Å²) in [6.07, 6.45) is 2.95. The summed E-state index contributed by atoms with van der Waals surface area (Å²) in [7, 11) is 3.18. The minimum Gasteiger partial charge on any atom is -0.508 e. The van der Waals surface area contributed by atoms with Gasteiger partial charge in [0, 0.05) is 17.7 Å². The molecule has 0 bridgehead atoms. The highest BCUT2D eigenvalue weighted by atomic mass is 16.5. The molecule has 0 spiro atoms. The van der Waals surface area contributed by atoms with E-state index in [4.69, 9.17) is 14.2 Å². The monoisotopic (exact) mass is 406 g/mol. The number of carbonyl (C=O) groups excluding carboxylic acids is 1. The molecule has 0 amide bonds. The van der Waals surface area contributed by atoms with Gasteiger partial charge in [0.25, 0.3) is 0 Å². The van der Waals surface area contributed by atoms with Crippen LogP contribution in [-0.2, 0) is 6.61 Å². The summed E-state index contributed by atoms with van der Waals surface area (Å²) in [5.41, 5.74) is 1.73. The van der Waals surface area contributed by atoms with Crippen LogP contribution in [-0.4, -0.2) is 30.2 Å². The van der Waals surface area contributed by atoms with Gasteiger partial charge in [-0.25, -0.2) is 0 Å². The average molecular weight is 406 g/mol. The first-order chi connectivity index (χ1) is 14.5. The van der Waals surface area contributed by atoms with Crippen molar-refractivity contribution in [3.8, 4) is 28.7 Å². The normalized spacial score (nSPS) is 10.7. The Morgan fingerprint density at radius 1 is 0.900 bits per heavy atom. The number of benzene rings is 3. The molecule has 0 aliphatic carbocycles. The summed E-state index contributed by atoms with van der Waals surface area (Å²) in [4.78, 5) is 12.4. The van der Waals surface area contributed by atoms with E-state index in [2.05, 4.69) is 0 Å². The first-order valence-electron chi connectivity index (χ1n) is 9.18. The van der Waals surface area contributed by atoms with Crippen molar-refractivity contribution in [2.24, 2.45) is 0 Å². The van der Waals surface area contributed by atoms with Crippen LogP contribution in [0, 0.1) is 0 Å². The molecule has 30 heavy (non-hydrogen) atoms. The van der Waals surface area contributed by atoms with Crippen LogP contribution in [0.3, 0.4) is 0 Å². The molecular weight excluding hydrogens is 384 g/mol. The van der Waals surface area contributed by atoms with E-state index in [0.717, 1.165) is 17.4 Å². The van der Waals surface area contributed by atoms with Crippen molar-refractivity contribution in [3.05, 3.63) is 83.4 Å². The highest BCUT2D eigenvalue weighted by molar-refractivity contribution is 6.08. The fourth-order valence-corrected chi connectivity index (χ4v) is 2.77. The smallest absolute Gasteiger partial charge is 0.189 e. The molecular formula is C24H22O6. The van der Waals surface area contributed by atoms with E-state index in [-0.39, 0.29) is 17.1 Å². The van der Waals surface area contributed by atoms with Gasteiger partial charge in [-0.05, 0) is 54.1 Å². The van der Waals surface area contributed by atoms with E-state index >= 15 is 0 Å². The fraction of sp³-hybridized carbons (Fsp3) is 0.125. The van der Waals surface area contributed by atoms with E-state index < -0.39 is 5.78 Å². The lowest BCUT2D eigenvalue weighted by molar-refractivity contribution is 0.104. The molecule has 3 aromatic rings. The quantitative estimate of drug-likeness (QED) is 0.420. The highest BCUT2D eigenvalue weighted by Crippen LogP contribution is 2.28. The van der Waals surface area contributed by atoms with Gasteiger partial charge in [-0.15, -0.1) is 0 Å². The minimum atomic E-state index is -0.399. The maximum Gasteiger partial charge on any atom is 0.189 e. The SMILES string of the molecule is COc1ccc(COc2cc(OC)ccc2C=CC(=O)c2ccc(O)cc2O)cc1. The summed E-state index contributed by atoms with van der Waals surface area (Å²) in [5, 5.41) is 19.2. The maximum absolute atomic E-state index is 12.4. The third-order valence-electron chi connectivity index (χ3n) is 4.44. The molecule has 0 atom stereocenters. The van der Waals surface area contributed by atoms with E-state index in [1.54, 1.807) is 38.5 Å². The second-order valence-electron chi connectivity index (χ2n) is 6.44. The summed E-state index contributed by atoms with van der Waals surface area (Å²) in [5.74, 6) is 1.14. The van der Waals surface area contributed by atoms with Crippen LogP contribution >= 0.6 is 0 Å². The van der Waals surface area contributed by atoms with E-state index in [1.165, 1.54) is 18.2 Å². The number of methoxy groups -OCH3 is 2. The first-order valence-corrected chi connectivity index (χ1v) is 9.18. The Hall–Kier alpha value is -3.93. The van der Waals surface area contributed by atoms with Crippen LogP contribution in [0.1, 0.15) is 21.5 Å². The molecule has 2 N–H and O–H groups in total. The molecule has 0 aliphatic rings. The van der Waals surface area contributed by atoms with Crippen LogP contribution in [0.15, 0.2) is 66.7 Å². The molecule has 154 valence electrons. The van der Waals surface area contributed by atoms with Gasteiger partial charge >= 0.3 is 0 Å². The molecule has 0 radical (unpaired) electrons. The predicted molar refractivity (Wildman–Crippen MR) is 113 cm³/mol. The molecule has 0 heterocycles. The van der Waals surface area contributed by atoms with Crippen molar-refractivity contribution in [2.75, 3.05) is 14.2 Å². The van der Waals surface area contributed by atoms with Crippen molar-refractivity contribution >= 4 is 11.9 Å². The number of ketones is 1. The van der Waals surface area contributed by atoms with Gasteiger partial charge in [-0.2, -0.15) is 0 Å². The minimum absolute atomic E-state index is 0.0956. The maximum atomic E-state index is 12.4. The van der Waals surface area contributed by atoms with E-state index in [9.17, 15) is 15.0 Å². The number of hydrogen-bond acceptors (Lipinski definition) is 6. The van der Waals surface area contributed by atoms with Gasteiger partial charge in [0.15, 0.2) is 5.78 Å². The predicted octanol–water partition coefficient (Wildman–Crippen LogP) is 4.59. The van der Waals surface area contributed by atoms with Crippen LogP contribution in [0.25, 0.3) is 6.08 Å². The molecule has 0 aromatic heterocycles. The third kappa shape index (κ3) is 5.11. The van der Waals surface area contributed by atoms with Gasteiger partial charge in [0.1, 0.15) is 35.4 Å². The Balaban J connectivity index is 1.79. The Bertz CT molecular complexity index is 1050. The van der Waals surface area contributed by atoms with Crippen LogP contribution in [0.5, 0.6) is 28.7 Å². The van der Waals surface area contributed by atoms with Crippen molar-refractivity contribution in [2.45, 2.75) is 6.61 Å². The zero-order chi connectivity index (χ0) is 21.5. The molecule has 3 rings (SSSR count). The van der Waals surface area contributed by atoms with Crippen molar-refractivity contribution < 1.29 is 29.2 Å². The number of allylic oxidation sites excluding steroid dienone is 1. The number of aromatic hydroxyl groups is 2. The van der Waals surface area contributed by atoms with Gasteiger partial charge < -0.3 is 24.4 Å². The van der Waals surface area contributed by atoms with Crippen LogP contribution in [0.2, 0.25) is 0 Å². The Morgan fingerprint density at radius 2 is 1.60 bits per heavy atom. The van der Waals surface area contributed by atoms with E-state index in [1.807, 2.05) is 24.3 Å². The molecule has 0 unspecified atom stereocenters. The summed E-state index contributed by atoms with van der Waals surface area (Å²) in [6, 6.07) is 16.7. The number of phenolic OH excluding ortho intramolecular Hbond substituents is 2. The topological polar surface area (TPSA) is 85.2 Å².